The zero-order valence-corrected chi connectivity index (χ0v) is 11.9. The van der Waals surface area contributed by atoms with Crippen LogP contribution >= 0.6 is 0 Å². The molecular weight excluding hydrogens is 180 g/mol. The van der Waals surface area contributed by atoms with Gasteiger partial charge in [0.15, 0.2) is 0 Å². The van der Waals surface area contributed by atoms with Crippen LogP contribution < -0.4 is 0 Å². The first-order chi connectivity index (χ1) is 6.90. The molecule has 0 aliphatic heterocycles. The molecule has 0 fully saturated rings. The molecule has 0 aliphatic carbocycles. The van der Waals surface area contributed by atoms with Gasteiger partial charge in [0.25, 0.3) is 0 Å². The van der Waals surface area contributed by atoms with Crippen LogP contribution in [0.4, 0.5) is 0 Å². The molecule has 2 atom stereocenters. The second-order valence-electron chi connectivity index (χ2n) is 5.53. The summed E-state index contributed by atoms with van der Waals surface area (Å²) in [6.07, 6.45) is 6.13. The van der Waals surface area contributed by atoms with Crippen molar-refractivity contribution in [2.24, 2.45) is 17.3 Å². The minimum absolute atomic E-state index is 0.460. The highest BCUT2D eigenvalue weighted by Crippen LogP contribution is 2.38. The van der Waals surface area contributed by atoms with Crippen molar-refractivity contribution in [2.45, 2.75) is 67.7 Å². The first-order valence-electron chi connectivity index (χ1n) is 6.55. The Morgan fingerprint density at radius 1 is 1.20 bits per heavy atom. The quantitative estimate of drug-likeness (QED) is 0.512. The summed E-state index contributed by atoms with van der Waals surface area (Å²) in [5, 5.41) is 0. The third-order valence-electron chi connectivity index (χ3n) is 4.39. The van der Waals surface area contributed by atoms with Gasteiger partial charge >= 0.3 is 0 Å². The molecule has 0 saturated heterocycles. The predicted molar refractivity (Wildman–Crippen MR) is 71.1 cm³/mol. The van der Waals surface area contributed by atoms with Gasteiger partial charge in [-0.1, -0.05) is 66.0 Å². The number of rotatable bonds is 6. The summed E-state index contributed by atoms with van der Waals surface area (Å²) < 4.78 is 0. The molecule has 0 nitrogen and oxygen atoms in total. The van der Waals surface area contributed by atoms with E-state index in [0.29, 0.717) is 5.41 Å². The third kappa shape index (κ3) is 4.01. The number of hydrogen-bond donors (Lipinski definition) is 0. The molecule has 0 spiro atoms. The molecule has 0 aromatic rings. The van der Waals surface area contributed by atoms with Gasteiger partial charge in [0.2, 0.25) is 0 Å². The highest BCUT2D eigenvalue weighted by molar-refractivity contribution is 5.07. The summed E-state index contributed by atoms with van der Waals surface area (Å²) >= 11 is 0. The van der Waals surface area contributed by atoms with Crippen molar-refractivity contribution in [1.29, 1.82) is 0 Å². The second kappa shape index (κ2) is 6.35. The molecule has 15 heavy (non-hydrogen) atoms. The lowest BCUT2D eigenvalue weighted by atomic mass is 9.69. The molecular formula is C15H30. The molecule has 90 valence electrons. The molecule has 0 N–H and O–H groups in total. The summed E-state index contributed by atoms with van der Waals surface area (Å²) in [6, 6.07) is 0. The van der Waals surface area contributed by atoms with Gasteiger partial charge in [-0.15, -0.1) is 0 Å². The summed E-state index contributed by atoms with van der Waals surface area (Å²) in [4.78, 5) is 0. The fourth-order valence-corrected chi connectivity index (χ4v) is 2.24. The molecule has 2 unspecified atom stereocenters. The van der Waals surface area contributed by atoms with Gasteiger partial charge in [-0.05, 0) is 30.6 Å². The lowest BCUT2D eigenvalue weighted by molar-refractivity contribution is 0.174. The van der Waals surface area contributed by atoms with Gasteiger partial charge in [0.05, 0.1) is 0 Å². The van der Waals surface area contributed by atoms with Crippen LogP contribution in [-0.2, 0) is 0 Å². The number of allylic oxidation sites excluding steroid dienone is 2. The van der Waals surface area contributed by atoms with Crippen LogP contribution in [0.2, 0.25) is 0 Å². The molecule has 0 aliphatic rings. The molecule has 0 amide bonds. The zero-order chi connectivity index (χ0) is 12.1. The van der Waals surface area contributed by atoms with Crippen molar-refractivity contribution in [3.8, 4) is 0 Å². The van der Waals surface area contributed by atoms with Crippen LogP contribution in [0.15, 0.2) is 11.6 Å². The van der Waals surface area contributed by atoms with Crippen LogP contribution in [0, 0.1) is 17.3 Å². The second-order valence-corrected chi connectivity index (χ2v) is 5.53. The Morgan fingerprint density at radius 3 is 2.07 bits per heavy atom. The van der Waals surface area contributed by atoms with Crippen LogP contribution in [0.5, 0.6) is 0 Å². The fraction of sp³-hybridized carbons (Fsp3) is 0.867. The molecule has 0 saturated carbocycles. The Labute approximate surface area is 97.2 Å². The lowest BCUT2D eigenvalue weighted by Crippen LogP contribution is -2.27. The van der Waals surface area contributed by atoms with Crippen LogP contribution in [0.1, 0.15) is 67.7 Å². The maximum atomic E-state index is 2.41. The van der Waals surface area contributed by atoms with E-state index in [-0.39, 0.29) is 0 Å². The molecule has 0 aromatic heterocycles. The monoisotopic (exact) mass is 210 g/mol. The Hall–Kier alpha value is -0.260. The van der Waals surface area contributed by atoms with Crippen molar-refractivity contribution in [2.75, 3.05) is 0 Å². The van der Waals surface area contributed by atoms with Gasteiger partial charge in [0.1, 0.15) is 0 Å². The van der Waals surface area contributed by atoms with E-state index in [0.717, 1.165) is 11.8 Å². The zero-order valence-electron chi connectivity index (χ0n) is 11.9. The maximum absolute atomic E-state index is 2.41. The van der Waals surface area contributed by atoms with Crippen molar-refractivity contribution in [3.63, 3.8) is 0 Å². The molecule has 0 radical (unpaired) electrons. The Balaban J connectivity index is 4.61. The fourth-order valence-electron chi connectivity index (χ4n) is 2.24. The van der Waals surface area contributed by atoms with Crippen molar-refractivity contribution in [3.05, 3.63) is 11.6 Å². The first-order valence-corrected chi connectivity index (χ1v) is 6.55. The molecule has 0 aromatic carbocycles. The number of hydrogen-bond acceptors (Lipinski definition) is 0. The van der Waals surface area contributed by atoms with Crippen LogP contribution in [-0.4, -0.2) is 0 Å². The molecule has 0 bridgehead atoms. The smallest absolute Gasteiger partial charge is 0.0201 e. The van der Waals surface area contributed by atoms with Gasteiger partial charge in [-0.25, -0.2) is 0 Å². The minimum atomic E-state index is 0.460. The van der Waals surface area contributed by atoms with E-state index < -0.39 is 0 Å². The van der Waals surface area contributed by atoms with Crippen molar-refractivity contribution in [1.82, 2.24) is 0 Å². The van der Waals surface area contributed by atoms with E-state index in [4.69, 9.17) is 0 Å². The van der Waals surface area contributed by atoms with Gasteiger partial charge in [0, 0.05) is 0 Å². The van der Waals surface area contributed by atoms with Crippen LogP contribution in [0.25, 0.3) is 0 Å². The SMILES string of the molecule is CC=C(CCC)C(C)C(C)C(C)(C)CC. The normalized spacial score (nSPS) is 17.7. The van der Waals surface area contributed by atoms with Gasteiger partial charge in [-0.3, -0.25) is 0 Å². The van der Waals surface area contributed by atoms with E-state index in [2.05, 4.69) is 54.5 Å². The van der Waals surface area contributed by atoms with E-state index in [1.54, 1.807) is 5.57 Å². The minimum Gasteiger partial charge on any atom is -0.0882 e. The lowest BCUT2D eigenvalue weighted by Gasteiger charge is -2.36. The van der Waals surface area contributed by atoms with Gasteiger partial charge in [-0.2, -0.15) is 0 Å². The standard InChI is InChI=1S/C15H30/c1-8-11-14(9-2)12(4)13(5)15(6,7)10-3/h9,12-13H,8,10-11H2,1-7H3. The van der Waals surface area contributed by atoms with Crippen LogP contribution in [0.3, 0.4) is 0 Å². The predicted octanol–water partition coefficient (Wildman–Crippen LogP) is 5.44. The summed E-state index contributed by atoms with van der Waals surface area (Å²) in [5.41, 5.74) is 2.10. The van der Waals surface area contributed by atoms with E-state index in [9.17, 15) is 0 Å². The molecule has 0 rings (SSSR count). The Bertz CT molecular complexity index is 198. The summed E-state index contributed by atoms with van der Waals surface area (Å²) in [5.74, 6) is 1.49. The van der Waals surface area contributed by atoms with E-state index >= 15 is 0 Å². The maximum Gasteiger partial charge on any atom is -0.0201 e. The Kier molecular flexibility index (Phi) is 6.24. The highest BCUT2D eigenvalue weighted by atomic mass is 14.3. The highest BCUT2D eigenvalue weighted by Gasteiger charge is 2.29. The largest absolute Gasteiger partial charge is 0.0882 e. The Morgan fingerprint density at radius 2 is 1.73 bits per heavy atom. The first kappa shape index (κ1) is 14.7. The summed E-state index contributed by atoms with van der Waals surface area (Å²) in [7, 11) is 0. The third-order valence-corrected chi connectivity index (χ3v) is 4.39. The average Bonchev–Trinajstić information content (AvgIpc) is 2.23. The molecule has 0 heteroatoms. The topological polar surface area (TPSA) is 0 Å². The van der Waals surface area contributed by atoms with E-state index in [1.165, 1.54) is 19.3 Å². The van der Waals surface area contributed by atoms with E-state index in [1.807, 2.05) is 0 Å². The molecule has 0 heterocycles. The van der Waals surface area contributed by atoms with Gasteiger partial charge < -0.3 is 0 Å². The average molecular weight is 210 g/mol. The summed E-state index contributed by atoms with van der Waals surface area (Å²) in [6.45, 7) is 16.4. The van der Waals surface area contributed by atoms with Crippen molar-refractivity contribution >= 4 is 0 Å². The van der Waals surface area contributed by atoms with Crippen molar-refractivity contribution < 1.29 is 0 Å².